The summed E-state index contributed by atoms with van der Waals surface area (Å²) < 4.78 is 48.6. The van der Waals surface area contributed by atoms with Crippen LogP contribution in [0.4, 0.5) is 4.79 Å². The lowest BCUT2D eigenvalue weighted by Crippen LogP contribution is -2.45. The number of fused-ring (bicyclic) bond motifs is 3. The first-order valence-electron chi connectivity index (χ1n) is 21.9. The van der Waals surface area contributed by atoms with Gasteiger partial charge in [-0.05, 0) is 93.3 Å². The number of alkyl carbamates (subject to hydrolysis) is 1. The van der Waals surface area contributed by atoms with Gasteiger partial charge in [0.25, 0.3) is 0 Å². The fourth-order valence-electron chi connectivity index (χ4n) is 7.94. The van der Waals surface area contributed by atoms with Crippen LogP contribution < -0.4 is 44.2 Å². The van der Waals surface area contributed by atoms with Crippen molar-refractivity contribution in [3.63, 3.8) is 0 Å². The van der Waals surface area contributed by atoms with Gasteiger partial charge in [-0.25, -0.2) is 14.4 Å². The number of aldehydes is 1. The van der Waals surface area contributed by atoms with Gasteiger partial charge in [-0.1, -0.05) is 67.3 Å². The van der Waals surface area contributed by atoms with Gasteiger partial charge in [0.2, 0.25) is 5.75 Å². The number of hydrogen-bond donors (Lipinski definition) is 2. The number of carbonyl (C=O) groups is 4. The number of amides is 1. The van der Waals surface area contributed by atoms with Crippen LogP contribution in [-0.4, -0.2) is 82.0 Å². The monoisotopic (exact) mass is 939 g/mol. The third-order valence-electron chi connectivity index (χ3n) is 10.9. The van der Waals surface area contributed by atoms with Crippen LogP contribution in [0.3, 0.4) is 0 Å². The maximum atomic E-state index is 14.6. The van der Waals surface area contributed by atoms with Gasteiger partial charge in [-0.3, -0.25) is 4.79 Å². The molecule has 15 heteroatoms. The molecule has 2 atom stereocenters. The first kappa shape index (κ1) is 50.4. The Morgan fingerprint density at radius 2 is 1.48 bits per heavy atom. The molecule has 6 rings (SSSR count). The second-order valence-electron chi connectivity index (χ2n) is 16.6. The molecule has 0 aliphatic rings. The van der Waals surface area contributed by atoms with E-state index in [1.165, 1.54) is 35.5 Å². The number of nitrogens with zero attached hydrogens (tertiary/aromatic N) is 1. The number of rotatable bonds is 19. The van der Waals surface area contributed by atoms with Crippen molar-refractivity contribution in [2.45, 2.75) is 58.2 Å². The third-order valence-corrected chi connectivity index (χ3v) is 10.9. The van der Waals surface area contributed by atoms with Crippen LogP contribution in [0.5, 0.6) is 40.2 Å². The smallest absolute Gasteiger partial charge is 0.408 e. The average molecular weight is 940 g/mol. The zero-order valence-electron chi connectivity index (χ0n) is 40.2. The molecule has 0 bridgehead atoms. The summed E-state index contributed by atoms with van der Waals surface area (Å²) in [6, 6.07) is 20.7. The molecule has 0 saturated carbocycles. The number of methoxy groups -OCH3 is 5. The number of nitrogens with one attached hydrogen (secondary N) is 1. The van der Waals surface area contributed by atoms with E-state index in [1.807, 2.05) is 37.3 Å². The Hall–Kier alpha value is -8.04. The van der Waals surface area contributed by atoms with E-state index < -0.39 is 35.7 Å². The van der Waals surface area contributed by atoms with E-state index in [0.29, 0.717) is 55.6 Å². The average Bonchev–Trinajstić information content (AvgIpc) is 3.67. The summed E-state index contributed by atoms with van der Waals surface area (Å²) in [7, 11) is 7.32. The topological polar surface area (TPSA) is 185 Å². The normalized spacial score (nSPS) is 12.5. The fraction of sp³-hybridized carbons (Fsp3) is 0.259. The van der Waals surface area contributed by atoms with E-state index in [2.05, 4.69) is 11.9 Å². The van der Waals surface area contributed by atoms with Gasteiger partial charge >= 0.3 is 18.0 Å². The molecule has 0 saturated heterocycles. The molecule has 0 aliphatic carbocycles. The Morgan fingerprint density at radius 1 is 0.768 bits per heavy atom. The highest BCUT2D eigenvalue weighted by Crippen LogP contribution is 2.51. The number of carbonyl (C=O) groups excluding carboxylic acids is 4. The van der Waals surface area contributed by atoms with Crippen LogP contribution >= 0.6 is 0 Å². The summed E-state index contributed by atoms with van der Waals surface area (Å²) >= 11 is 0. The SMILES string of the molecule is C=C/C=C(\C=C/C)CC(NC(=O)OC(C)(C)C)C(=O)Oc1c(OC)c(OC)cc2c1ccn1c(C=O)c(-c3cc(OC)ccc3OC)c(-c3ccc(OC(=O)C(N)Cc4ccccc4)c(OC)c3)c21. The van der Waals surface area contributed by atoms with Crippen LogP contribution in [0.1, 0.15) is 50.2 Å². The second kappa shape index (κ2) is 22.2. The number of esters is 2. The van der Waals surface area contributed by atoms with Crippen LogP contribution in [0.15, 0.2) is 122 Å². The number of aromatic nitrogens is 1. The standard InChI is InChI=1S/C54H57N3O12/c1-11-16-32(17-12-2)27-40(56-53(61)69-54(3,4)5)52(60)68-49-36-24-25-57-41(31-58)47(38-29-35(62-6)21-23-42(38)63-7)46(48(57)37(36)30-45(65-9)50(49)66-10)34-20-22-43(44(28-34)64-8)67-51(59)39(55)26-33-18-14-13-15-19-33/h11-25,28-31,39-40H,1,26-27,55H2,2-10H3,(H,56,61)/b17-12-,32-16+. The van der Waals surface area contributed by atoms with Crippen molar-refractivity contribution < 1.29 is 57.1 Å². The van der Waals surface area contributed by atoms with Gasteiger partial charge in [-0.15, -0.1) is 0 Å². The molecule has 2 aromatic heterocycles. The highest BCUT2D eigenvalue weighted by Gasteiger charge is 2.32. The highest BCUT2D eigenvalue weighted by atomic mass is 16.6. The summed E-state index contributed by atoms with van der Waals surface area (Å²) in [5.41, 5.74) is 9.59. The van der Waals surface area contributed by atoms with Gasteiger partial charge in [0.05, 0.1) is 46.8 Å². The Morgan fingerprint density at radius 3 is 2.10 bits per heavy atom. The molecule has 6 aromatic rings. The second-order valence-corrected chi connectivity index (χ2v) is 16.6. The predicted molar refractivity (Wildman–Crippen MR) is 264 cm³/mol. The number of ether oxygens (including phenoxy) is 8. The highest BCUT2D eigenvalue weighted by molar-refractivity contribution is 6.15. The van der Waals surface area contributed by atoms with Crippen LogP contribution in [0, 0.1) is 0 Å². The quantitative estimate of drug-likeness (QED) is 0.0339. The Labute approximate surface area is 401 Å². The van der Waals surface area contributed by atoms with E-state index in [0.717, 1.165) is 11.8 Å². The molecule has 2 heterocycles. The van der Waals surface area contributed by atoms with Crippen molar-refractivity contribution in [3.05, 3.63) is 133 Å². The minimum atomic E-state index is -1.26. The van der Waals surface area contributed by atoms with Gasteiger partial charge in [0, 0.05) is 40.1 Å². The Bertz CT molecular complexity index is 2950. The molecule has 3 N–H and O–H groups in total. The van der Waals surface area contributed by atoms with Gasteiger partial charge in [0.15, 0.2) is 29.3 Å². The summed E-state index contributed by atoms with van der Waals surface area (Å²) in [5, 5.41) is 3.50. The van der Waals surface area contributed by atoms with E-state index in [9.17, 15) is 19.2 Å². The van der Waals surface area contributed by atoms with Crippen molar-refractivity contribution in [2.75, 3.05) is 35.5 Å². The lowest BCUT2D eigenvalue weighted by Gasteiger charge is -2.24. The van der Waals surface area contributed by atoms with Gasteiger partial charge < -0.3 is 53.3 Å². The van der Waals surface area contributed by atoms with E-state index >= 15 is 0 Å². The zero-order valence-corrected chi connectivity index (χ0v) is 40.2. The van der Waals surface area contributed by atoms with Crippen molar-refractivity contribution in [1.82, 2.24) is 9.72 Å². The molecule has 0 spiro atoms. The Kier molecular flexibility index (Phi) is 16.2. The van der Waals surface area contributed by atoms with Crippen molar-refractivity contribution in [3.8, 4) is 62.5 Å². The minimum absolute atomic E-state index is 0.00623. The molecule has 15 nitrogen and oxygen atoms in total. The summed E-state index contributed by atoms with van der Waals surface area (Å²) in [5.74, 6) is -0.117. The van der Waals surface area contributed by atoms with Crippen LogP contribution in [0.25, 0.3) is 38.5 Å². The number of benzene rings is 4. The molecule has 0 aliphatic heterocycles. The molecular formula is C54H57N3O12. The molecule has 0 radical (unpaired) electrons. The molecule has 2 unspecified atom stereocenters. The lowest BCUT2D eigenvalue weighted by molar-refractivity contribution is -0.137. The zero-order chi connectivity index (χ0) is 50.0. The molecule has 1 amide bonds. The Balaban J connectivity index is 1.61. The lowest BCUT2D eigenvalue weighted by atomic mass is 9.93. The molecule has 360 valence electrons. The van der Waals surface area contributed by atoms with Gasteiger partial charge in [0.1, 0.15) is 29.2 Å². The largest absolute Gasteiger partial charge is 0.497 e. The number of pyridine rings is 1. The maximum Gasteiger partial charge on any atom is 0.408 e. The predicted octanol–water partition coefficient (Wildman–Crippen LogP) is 9.63. The third kappa shape index (κ3) is 11.2. The molecule has 69 heavy (non-hydrogen) atoms. The van der Waals surface area contributed by atoms with E-state index in [4.69, 9.17) is 43.6 Å². The number of hydrogen-bond acceptors (Lipinski definition) is 13. The van der Waals surface area contributed by atoms with Crippen molar-refractivity contribution in [1.29, 1.82) is 0 Å². The van der Waals surface area contributed by atoms with Crippen LogP contribution in [0.2, 0.25) is 0 Å². The van der Waals surface area contributed by atoms with Gasteiger partial charge in [-0.2, -0.15) is 0 Å². The first-order chi connectivity index (χ1) is 33.1. The molecule has 4 aromatic carbocycles. The summed E-state index contributed by atoms with van der Waals surface area (Å²) in [6.45, 7) is 10.8. The van der Waals surface area contributed by atoms with E-state index in [1.54, 1.807) is 104 Å². The van der Waals surface area contributed by atoms with Crippen molar-refractivity contribution in [2.24, 2.45) is 5.73 Å². The van der Waals surface area contributed by atoms with E-state index in [-0.39, 0.29) is 47.3 Å². The maximum absolute atomic E-state index is 14.6. The fourth-order valence-corrected chi connectivity index (χ4v) is 7.94. The summed E-state index contributed by atoms with van der Waals surface area (Å²) in [6.07, 6.45) is 8.69. The summed E-state index contributed by atoms with van der Waals surface area (Å²) in [4.78, 5) is 54.7. The number of allylic oxidation sites excluding steroid dienone is 4. The van der Waals surface area contributed by atoms with Crippen LogP contribution in [-0.2, 0) is 20.7 Å². The number of nitrogens with two attached hydrogens (primary N) is 1. The molecular weight excluding hydrogens is 883 g/mol. The minimum Gasteiger partial charge on any atom is -0.497 e. The van der Waals surface area contributed by atoms with Crippen molar-refractivity contribution >= 4 is 40.6 Å². The first-order valence-corrected chi connectivity index (χ1v) is 21.9. The molecule has 0 fully saturated rings.